The normalized spacial score (nSPS) is 14.4. The van der Waals surface area contributed by atoms with E-state index < -0.39 is 5.97 Å². The van der Waals surface area contributed by atoms with Crippen LogP contribution in [0.3, 0.4) is 0 Å². The van der Waals surface area contributed by atoms with Crippen LogP contribution in [-0.4, -0.2) is 30.0 Å². The number of carbonyl (C=O) groups is 2. The van der Waals surface area contributed by atoms with E-state index in [9.17, 15) is 9.59 Å². The first-order valence-electron chi connectivity index (χ1n) is 7.18. The third-order valence-electron chi connectivity index (χ3n) is 3.42. The number of hydrogen-bond acceptors (Lipinski definition) is 5. The van der Waals surface area contributed by atoms with Crippen molar-refractivity contribution in [2.45, 2.75) is 39.0 Å². The molecule has 0 fully saturated rings. The molecule has 1 heterocycles. The molecule has 1 N–H and O–H groups in total. The molecule has 1 aromatic heterocycles. The third kappa shape index (κ3) is 4.97. The fraction of sp³-hybridized carbons (Fsp3) is 0.533. The van der Waals surface area contributed by atoms with Crippen molar-refractivity contribution < 1.29 is 14.3 Å². The summed E-state index contributed by atoms with van der Waals surface area (Å²) in [5.74, 6) is -0.748. The summed E-state index contributed by atoms with van der Waals surface area (Å²) in [6, 6.07) is 0. The molecule has 0 saturated heterocycles. The minimum absolute atomic E-state index is 0.241. The summed E-state index contributed by atoms with van der Waals surface area (Å²) in [6.45, 7) is 2.10. The van der Waals surface area contributed by atoms with Gasteiger partial charge in [-0.2, -0.15) is 0 Å². The predicted molar refractivity (Wildman–Crippen MR) is 81.3 cm³/mol. The van der Waals surface area contributed by atoms with E-state index in [1.54, 1.807) is 12.4 Å². The number of amides is 1. The minimum atomic E-state index is -0.486. The highest BCUT2D eigenvalue weighted by Crippen LogP contribution is 2.19. The van der Waals surface area contributed by atoms with E-state index in [-0.39, 0.29) is 12.5 Å². The Kier molecular flexibility index (Phi) is 5.92. The second-order valence-corrected chi connectivity index (χ2v) is 5.91. The van der Waals surface area contributed by atoms with Crippen LogP contribution in [0.5, 0.6) is 0 Å². The van der Waals surface area contributed by atoms with Crippen LogP contribution in [0.2, 0.25) is 0 Å². The SMILES string of the molecule is Cc1ncsc1C(=O)OCC(=O)NCCC1=CCCCC1. The summed E-state index contributed by atoms with van der Waals surface area (Å²) in [5, 5.41) is 2.78. The van der Waals surface area contributed by atoms with Crippen LogP contribution in [0.1, 0.15) is 47.5 Å². The highest BCUT2D eigenvalue weighted by molar-refractivity contribution is 7.11. The number of rotatable bonds is 6. The summed E-state index contributed by atoms with van der Waals surface area (Å²) in [6.07, 6.45) is 7.94. The highest BCUT2D eigenvalue weighted by Gasteiger charge is 2.14. The van der Waals surface area contributed by atoms with E-state index >= 15 is 0 Å². The monoisotopic (exact) mass is 308 g/mol. The van der Waals surface area contributed by atoms with Crippen molar-refractivity contribution in [3.63, 3.8) is 0 Å². The largest absolute Gasteiger partial charge is 0.451 e. The Morgan fingerprint density at radius 1 is 1.43 bits per heavy atom. The molecule has 0 atom stereocenters. The average molecular weight is 308 g/mol. The quantitative estimate of drug-likeness (QED) is 0.648. The number of ether oxygens (including phenoxy) is 1. The number of nitrogens with zero attached hydrogens (tertiary/aromatic N) is 1. The molecule has 0 saturated carbocycles. The fourth-order valence-electron chi connectivity index (χ4n) is 2.24. The Balaban J connectivity index is 1.64. The van der Waals surface area contributed by atoms with Gasteiger partial charge >= 0.3 is 5.97 Å². The smallest absolute Gasteiger partial charge is 0.350 e. The number of allylic oxidation sites excluding steroid dienone is 1. The van der Waals surface area contributed by atoms with Gasteiger partial charge < -0.3 is 10.1 Å². The molecule has 0 aliphatic heterocycles. The van der Waals surface area contributed by atoms with Gasteiger partial charge in [-0.25, -0.2) is 9.78 Å². The van der Waals surface area contributed by atoms with Crippen LogP contribution in [-0.2, 0) is 9.53 Å². The number of thiazole rings is 1. The molecule has 5 nitrogen and oxygen atoms in total. The average Bonchev–Trinajstić information content (AvgIpc) is 2.92. The Bertz CT molecular complexity index is 537. The third-order valence-corrected chi connectivity index (χ3v) is 4.33. The van der Waals surface area contributed by atoms with Crippen LogP contribution >= 0.6 is 11.3 Å². The zero-order chi connectivity index (χ0) is 15.1. The van der Waals surface area contributed by atoms with Crippen molar-refractivity contribution >= 4 is 23.2 Å². The summed E-state index contributed by atoms with van der Waals surface area (Å²) < 4.78 is 4.98. The molecule has 0 spiro atoms. The van der Waals surface area contributed by atoms with E-state index in [1.165, 1.54) is 29.8 Å². The van der Waals surface area contributed by atoms with Gasteiger partial charge in [-0.15, -0.1) is 11.3 Å². The number of hydrogen-bond donors (Lipinski definition) is 1. The van der Waals surface area contributed by atoms with Crippen LogP contribution in [0.4, 0.5) is 0 Å². The molecule has 1 aromatic rings. The van der Waals surface area contributed by atoms with Crippen molar-refractivity contribution in [2.24, 2.45) is 0 Å². The first-order chi connectivity index (χ1) is 10.2. The molecule has 2 rings (SSSR count). The maximum absolute atomic E-state index is 11.7. The van der Waals surface area contributed by atoms with Crippen LogP contribution in [0.25, 0.3) is 0 Å². The second kappa shape index (κ2) is 7.93. The van der Waals surface area contributed by atoms with E-state index in [2.05, 4.69) is 16.4 Å². The number of esters is 1. The standard InChI is InChI=1S/C15H20N2O3S/c1-11-14(21-10-17-11)15(19)20-9-13(18)16-8-7-12-5-3-2-4-6-12/h5,10H,2-4,6-9H2,1H3,(H,16,18). The maximum Gasteiger partial charge on any atom is 0.350 e. The van der Waals surface area contributed by atoms with Crippen molar-refractivity contribution in [3.05, 3.63) is 27.7 Å². The van der Waals surface area contributed by atoms with Crippen LogP contribution in [0, 0.1) is 6.92 Å². The zero-order valence-electron chi connectivity index (χ0n) is 12.2. The molecular formula is C15H20N2O3S. The molecule has 0 unspecified atom stereocenters. The van der Waals surface area contributed by atoms with E-state index in [0.29, 0.717) is 17.1 Å². The molecule has 1 amide bonds. The lowest BCUT2D eigenvalue weighted by molar-refractivity contribution is -0.124. The van der Waals surface area contributed by atoms with Gasteiger partial charge in [-0.3, -0.25) is 4.79 Å². The molecule has 0 radical (unpaired) electrons. The molecule has 114 valence electrons. The van der Waals surface area contributed by atoms with Crippen molar-refractivity contribution in [2.75, 3.05) is 13.2 Å². The zero-order valence-corrected chi connectivity index (χ0v) is 13.0. The van der Waals surface area contributed by atoms with Crippen molar-refractivity contribution in [3.8, 4) is 0 Å². The minimum Gasteiger partial charge on any atom is -0.451 e. The van der Waals surface area contributed by atoms with Gasteiger partial charge in [0.25, 0.3) is 5.91 Å². The lowest BCUT2D eigenvalue weighted by atomic mass is 9.97. The number of nitrogens with one attached hydrogen (secondary N) is 1. The van der Waals surface area contributed by atoms with E-state index in [4.69, 9.17) is 4.74 Å². The molecule has 0 aromatic carbocycles. The Labute approximate surface area is 128 Å². The highest BCUT2D eigenvalue weighted by atomic mass is 32.1. The van der Waals surface area contributed by atoms with E-state index in [0.717, 1.165) is 19.3 Å². The first kappa shape index (κ1) is 15.7. The summed E-state index contributed by atoms with van der Waals surface area (Å²) in [4.78, 5) is 27.8. The van der Waals surface area contributed by atoms with Gasteiger partial charge in [0.1, 0.15) is 4.88 Å². The first-order valence-corrected chi connectivity index (χ1v) is 8.06. The maximum atomic E-state index is 11.7. The molecule has 1 aliphatic carbocycles. The van der Waals surface area contributed by atoms with Gasteiger partial charge in [0, 0.05) is 6.54 Å². The second-order valence-electron chi connectivity index (χ2n) is 5.05. The van der Waals surface area contributed by atoms with Gasteiger partial charge in [-0.05, 0) is 39.0 Å². The molecule has 1 aliphatic rings. The lowest BCUT2D eigenvalue weighted by Crippen LogP contribution is -2.29. The fourth-order valence-corrected chi connectivity index (χ4v) is 2.93. The predicted octanol–water partition coefficient (Wildman–Crippen LogP) is 2.62. The summed E-state index contributed by atoms with van der Waals surface area (Å²) in [5.41, 5.74) is 3.64. The van der Waals surface area contributed by atoms with E-state index in [1.807, 2.05) is 0 Å². The van der Waals surface area contributed by atoms with Gasteiger partial charge in [0.15, 0.2) is 6.61 Å². The van der Waals surface area contributed by atoms with Crippen molar-refractivity contribution in [1.29, 1.82) is 0 Å². The molecule has 21 heavy (non-hydrogen) atoms. The number of aryl methyl sites for hydroxylation is 1. The Morgan fingerprint density at radius 2 is 2.29 bits per heavy atom. The number of aromatic nitrogens is 1. The van der Waals surface area contributed by atoms with Crippen LogP contribution < -0.4 is 5.32 Å². The topological polar surface area (TPSA) is 68.3 Å². The summed E-state index contributed by atoms with van der Waals surface area (Å²) in [7, 11) is 0. The van der Waals surface area contributed by atoms with Gasteiger partial charge in [0.2, 0.25) is 0 Å². The summed E-state index contributed by atoms with van der Waals surface area (Å²) >= 11 is 1.22. The number of carbonyl (C=O) groups excluding carboxylic acids is 2. The molecule has 0 bridgehead atoms. The van der Waals surface area contributed by atoms with Gasteiger partial charge in [-0.1, -0.05) is 11.6 Å². The lowest BCUT2D eigenvalue weighted by Gasteiger charge is -2.12. The van der Waals surface area contributed by atoms with Crippen molar-refractivity contribution in [1.82, 2.24) is 10.3 Å². The van der Waals surface area contributed by atoms with Gasteiger partial charge in [0.05, 0.1) is 11.2 Å². The van der Waals surface area contributed by atoms with Crippen LogP contribution in [0.15, 0.2) is 17.2 Å². The molecule has 6 heteroatoms. The molecular weight excluding hydrogens is 288 g/mol. The Hall–Kier alpha value is -1.69. The Morgan fingerprint density at radius 3 is 2.95 bits per heavy atom.